The number of nitrogens with one attached hydrogen (secondary N) is 1. The Morgan fingerprint density at radius 2 is 1.71 bits per heavy atom. The van der Waals surface area contributed by atoms with Crippen LogP contribution in [0.3, 0.4) is 0 Å². The van der Waals surface area contributed by atoms with Gasteiger partial charge < -0.3 is 16.0 Å². The summed E-state index contributed by atoms with van der Waals surface area (Å²) in [5.74, 6) is -0.777. The van der Waals surface area contributed by atoms with Crippen LogP contribution in [0.2, 0.25) is 0 Å². The van der Waals surface area contributed by atoms with Crippen molar-refractivity contribution >= 4 is 23.4 Å². The number of carbonyl (C=O) groups excluding carboxylic acids is 3. The molecule has 3 N–H and O–H groups in total. The maximum Gasteiger partial charge on any atom is 0.253 e. The largest absolute Gasteiger partial charge is 0.368 e. The number of amides is 3. The van der Waals surface area contributed by atoms with E-state index in [0.717, 1.165) is 11.1 Å². The average Bonchev–Trinajstić information content (AvgIpc) is 2.67. The maximum atomic E-state index is 12.5. The third-order valence-corrected chi connectivity index (χ3v) is 4.84. The van der Waals surface area contributed by atoms with Crippen LogP contribution in [-0.2, 0) is 22.6 Å². The molecule has 28 heavy (non-hydrogen) atoms. The fraction of sp³-hybridized carbons (Fsp3) is 0.286. The van der Waals surface area contributed by atoms with Crippen molar-refractivity contribution in [3.63, 3.8) is 0 Å². The van der Waals surface area contributed by atoms with E-state index in [1.165, 1.54) is 4.90 Å². The highest BCUT2D eigenvalue weighted by atomic mass is 16.2. The summed E-state index contributed by atoms with van der Waals surface area (Å²) in [6, 6.07) is 14.1. The molecule has 3 rings (SSSR count). The van der Waals surface area contributed by atoms with Crippen LogP contribution in [0.25, 0.3) is 0 Å². The van der Waals surface area contributed by atoms with E-state index in [2.05, 4.69) is 5.32 Å². The summed E-state index contributed by atoms with van der Waals surface area (Å²) in [5, 5.41) is 2.81. The highest BCUT2D eigenvalue weighted by Crippen LogP contribution is 2.23. The maximum absolute atomic E-state index is 12.5. The second-order valence-corrected chi connectivity index (χ2v) is 7.12. The van der Waals surface area contributed by atoms with Crippen LogP contribution >= 0.6 is 0 Å². The zero-order valence-electron chi connectivity index (χ0n) is 16.0. The molecule has 1 aliphatic rings. The van der Waals surface area contributed by atoms with Gasteiger partial charge in [0.2, 0.25) is 11.8 Å². The first-order chi connectivity index (χ1) is 13.3. The standard InChI is InChI=1S/C21H24N4O3/c1-24(2)21(28)14-7-9-17(10-8-14)23-19(26)13-25-12-16-6-4-3-5-15(16)11-18(25)20(22)27/h3-10,18H,11-13H2,1-2H3,(H2,22,27)(H,23,26)/t18-/m0/s1. The van der Waals surface area contributed by atoms with Gasteiger partial charge in [0, 0.05) is 31.9 Å². The topological polar surface area (TPSA) is 95.7 Å². The molecule has 2 aromatic carbocycles. The average molecular weight is 380 g/mol. The van der Waals surface area contributed by atoms with E-state index in [1.54, 1.807) is 43.3 Å². The summed E-state index contributed by atoms with van der Waals surface area (Å²) in [7, 11) is 3.37. The molecule has 7 nitrogen and oxygen atoms in total. The van der Waals surface area contributed by atoms with E-state index in [-0.39, 0.29) is 18.4 Å². The Labute approximate surface area is 164 Å². The van der Waals surface area contributed by atoms with Gasteiger partial charge in [-0.3, -0.25) is 19.3 Å². The van der Waals surface area contributed by atoms with Gasteiger partial charge in [-0.2, -0.15) is 0 Å². The van der Waals surface area contributed by atoms with Crippen LogP contribution in [0.5, 0.6) is 0 Å². The molecule has 0 saturated carbocycles. The SMILES string of the molecule is CN(C)C(=O)c1ccc(NC(=O)CN2Cc3ccccc3C[C@H]2C(N)=O)cc1. The molecule has 1 aliphatic heterocycles. The minimum Gasteiger partial charge on any atom is -0.368 e. The molecule has 0 fully saturated rings. The van der Waals surface area contributed by atoms with Gasteiger partial charge in [-0.05, 0) is 41.8 Å². The van der Waals surface area contributed by atoms with Crippen molar-refractivity contribution in [3.8, 4) is 0 Å². The van der Waals surface area contributed by atoms with Crippen molar-refractivity contribution < 1.29 is 14.4 Å². The van der Waals surface area contributed by atoms with Gasteiger partial charge in [-0.15, -0.1) is 0 Å². The van der Waals surface area contributed by atoms with E-state index in [1.807, 2.05) is 24.3 Å². The Morgan fingerprint density at radius 1 is 1.07 bits per heavy atom. The molecule has 3 amide bonds. The van der Waals surface area contributed by atoms with E-state index in [0.29, 0.717) is 24.2 Å². The summed E-state index contributed by atoms with van der Waals surface area (Å²) in [6.07, 6.45) is 0.500. The van der Waals surface area contributed by atoms with Crippen LogP contribution in [0.1, 0.15) is 21.5 Å². The quantitative estimate of drug-likeness (QED) is 0.816. The minimum atomic E-state index is -0.513. The molecule has 0 aliphatic carbocycles. The molecule has 7 heteroatoms. The zero-order chi connectivity index (χ0) is 20.3. The highest BCUT2D eigenvalue weighted by Gasteiger charge is 2.31. The zero-order valence-corrected chi connectivity index (χ0v) is 16.0. The number of hydrogen-bond donors (Lipinski definition) is 2. The Morgan fingerprint density at radius 3 is 2.32 bits per heavy atom. The Kier molecular flexibility index (Phi) is 5.75. The number of benzene rings is 2. The van der Waals surface area contributed by atoms with Gasteiger partial charge >= 0.3 is 0 Å². The second kappa shape index (κ2) is 8.22. The molecular weight excluding hydrogens is 356 g/mol. The highest BCUT2D eigenvalue weighted by molar-refractivity contribution is 5.96. The third-order valence-electron chi connectivity index (χ3n) is 4.84. The van der Waals surface area contributed by atoms with E-state index < -0.39 is 11.9 Å². The van der Waals surface area contributed by atoms with Gasteiger partial charge in [0.25, 0.3) is 5.91 Å². The lowest BCUT2D eigenvalue weighted by Gasteiger charge is -2.34. The molecule has 1 atom stereocenters. The van der Waals surface area contributed by atoms with Crippen molar-refractivity contribution in [1.29, 1.82) is 0 Å². The second-order valence-electron chi connectivity index (χ2n) is 7.12. The molecule has 0 unspecified atom stereocenters. The predicted octanol–water partition coefficient (Wildman–Crippen LogP) is 1.24. The third kappa shape index (κ3) is 4.37. The van der Waals surface area contributed by atoms with Crippen molar-refractivity contribution in [2.45, 2.75) is 19.0 Å². The normalized spacial score (nSPS) is 16.1. The summed E-state index contributed by atoms with van der Waals surface area (Å²) in [5.41, 5.74) is 8.88. The molecule has 0 saturated heterocycles. The molecule has 2 aromatic rings. The van der Waals surface area contributed by atoms with Crippen molar-refractivity contribution in [3.05, 3.63) is 65.2 Å². The number of anilines is 1. The van der Waals surface area contributed by atoms with Crippen molar-refractivity contribution in [2.75, 3.05) is 26.0 Å². The van der Waals surface area contributed by atoms with Gasteiger partial charge in [-0.1, -0.05) is 24.3 Å². The molecule has 0 aromatic heterocycles. The number of carbonyl (C=O) groups is 3. The predicted molar refractivity (Wildman–Crippen MR) is 107 cm³/mol. The van der Waals surface area contributed by atoms with E-state index >= 15 is 0 Å². The van der Waals surface area contributed by atoms with Gasteiger partial charge in [0.05, 0.1) is 12.6 Å². The Balaban J connectivity index is 1.66. The first-order valence-electron chi connectivity index (χ1n) is 9.07. The Hall–Kier alpha value is -3.19. The smallest absolute Gasteiger partial charge is 0.253 e. The summed E-state index contributed by atoms with van der Waals surface area (Å²) < 4.78 is 0. The summed E-state index contributed by atoms with van der Waals surface area (Å²) >= 11 is 0. The van der Waals surface area contributed by atoms with Gasteiger partial charge in [-0.25, -0.2) is 0 Å². The summed E-state index contributed by atoms with van der Waals surface area (Å²) in [6.45, 7) is 0.549. The van der Waals surface area contributed by atoms with Crippen LogP contribution in [0.15, 0.2) is 48.5 Å². The molecular formula is C21H24N4O3. The monoisotopic (exact) mass is 380 g/mol. The van der Waals surface area contributed by atoms with Gasteiger partial charge in [0.15, 0.2) is 0 Å². The first-order valence-corrected chi connectivity index (χ1v) is 9.07. The number of fused-ring (bicyclic) bond motifs is 1. The first kappa shape index (κ1) is 19.6. The fourth-order valence-corrected chi connectivity index (χ4v) is 3.36. The summed E-state index contributed by atoms with van der Waals surface area (Å²) in [4.78, 5) is 39.6. The van der Waals surface area contributed by atoms with Crippen LogP contribution in [0.4, 0.5) is 5.69 Å². The molecule has 0 spiro atoms. The number of primary amides is 1. The number of hydrogen-bond acceptors (Lipinski definition) is 4. The van der Waals surface area contributed by atoms with Crippen LogP contribution < -0.4 is 11.1 Å². The molecule has 0 radical (unpaired) electrons. The van der Waals surface area contributed by atoms with Gasteiger partial charge in [0.1, 0.15) is 0 Å². The number of rotatable bonds is 5. The lowest BCUT2D eigenvalue weighted by atomic mass is 9.93. The van der Waals surface area contributed by atoms with Crippen LogP contribution in [0, 0.1) is 0 Å². The molecule has 146 valence electrons. The van der Waals surface area contributed by atoms with Crippen molar-refractivity contribution in [1.82, 2.24) is 9.80 Å². The molecule has 1 heterocycles. The fourth-order valence-electron chi connectivity index (χ4n) is 3.36. The lowest BCUT2D eigenvalue weighted by molar-refractivity contribution is -0.125. The molecule has 0 bridgehead atoms. The van der Waals surface area contributed by atoms with E-state index in [4.69, 9.17) is 5.73 Å². The van der Waals surface area contributed by atoms with Crippen LogP contribution in [-0.4, -0.2) is 54.2 Å². The van der Waals surface area contributed by atoms with Crippen molar-refractivity contribution in [2.24, 2.45) is 5.73 Å². The number of nitrogens with two attached hydrogens (primary N) is 1. The minimum absolute atomic E-state index is 0.0559. The van der Waals surface area contributed by atoms with E-state index in [9.17, 15) is 14.4 Å². The number of nitrogens with zero attached hydrogens (tertiary/aromatic N) is 2. The Bertz CT molecular complexity index is 893. The lowest BCUT2D eigenvalue weighted by Crippen LogP contribution is -2.50.